The fraction of sp³-hybridized carbons (Fsp3) is 0.400. The number of para-hydroxylation sites is 1. The molecule has 78 valence electrons. The number of rotatable bonds is 5. The number of halogens is 1. The van der Waals surface area contributed by atoms with Crippen LogP contribution in [0, 0.1) is 0 Å². The molecule has 3 nitrogen and oxygen atoms in total. The molecule has 0 amide bonds. The first kappa shape index (κ1) is 11.3. The first-order valence-electron chi connectivity index (χ1n) is 4.47. The van der Waals surface area contributed by atoms with E-state index in [0.717, 1.165) is 5.56 Å². The Bertz CT molecular complexity index is 291. The highest BCUT2D eigenvalue weighted by molar-refractivity contribution is 6.32. The molecule has 1 aromatic rings. The number of hydrogen-bond acceptors (Lipinski definition) is 3. The van der Waals surface area contributed by atoms with Gasteiger partial charge in [-0.05, 0) is 13.0 Å². The molecule has 0 fully saturated rings. The van der Waals surface area contributed by atoms with Gasteiger partial charge in [-0.2, -0.15) is 0 Å². The van der Waals surface area contributed by atoms with Gasteiger partial charge in [-0.15, -0.1) is 0 Å². The molecular weight excluding hydrogens is 202 g/mol. The van der Waals surface area contributed by atoms with Gasteiger partial charge in [0, 0.05) is 18.7 Å². The van der Waals surface area contributed by atoms with Crippen molar-refractivity contribution in [3.8, 4) is 5.75 Å². The third-order valence-electron chi connectivity index (χ3n) is 1.76. The number of ether oxygens (including phenoxy) is 2. The maximum Gasteiger partial charge on any atom is 0.189 e. The molecule has 0 aliphatic carbocycles. The highest BCUT2D eigenvalue weighted by atomic mass is 35.5. The molecule has 0 saturated carbocycles. The first-order chi connectivity index (χ1) is 6.79. The molecule has 0 atom stereocenters. The van der Waals surface area contributed by atoms with Crippen molar-refractivity contribution in [3.63, 3.8) is 0 Å². The van der Waals surface area contributed by atoms with E-state index in [0.29, 0.717) is 23.9 Å². The van der Waals surface area contributed by atoms with Crippen LogP contribution in [-0.4, -0.2) is 13.4 Å². The summed E-state index contributed by atoms with van der Waals surface area (Å²) in [7, 11) is 0. The molecule has 2 N–H and O–H groups in total. The second kappa shape index (κ2) is 5.86. The Morgan fingerprint density at radius 1 is 1.43 bits per heavy atom. The van der Waals surface area contributed by atoms with Crippen molar-refractivity contribution in [2.75, 3.05) is 13.4 Å². The molecule has 0 aliphatic heterocycles. The Morgan fingerprint density at radius 3 is 2.86 bits per heavy atom. The zero-order valence-corrected chi connectivity index (χ0v) is 8.88. The van der Waals surface area contributed by atoms with Crippen molar-refractivity contribution in [1.82, 2.24) is 0 Å². The molecule has 1 rings (SSSR count). The maximum atomic E-state index is 5.95. The van der Waals surface area contributed by atoms with Gasteiger partial charge in [0.15, 0.2) is 6.79 Å². The predicted molar refractivity (Wildman–Crippen MR) is 56.5 cm³/mol. The van der Waals surface area contributed by atoms with Gasteiger partial charge in [-0.25, -0.2) is 0 Å². The van der Waals surface area contributed by atoms with E-state index in [1.807, 2.05) is 19.1 Å². The summed E-state index contributed by atoms with van der Waals surface area (Å²) < 4.78 is 10.4. The van der Waals surface area contributed by atoms with E-state index < -0.39 is 0 Å². The highest BCUT2D eigenvalue weighted by Gasteiger charge is 2.06. The first-order valence-corrected chi connectivity index (χ1v) is 4.85. The summed E-state index contributed by atoms with van der Waals surface area (Å²) in [4.78, 5) is 0. The summed E-state index contributed by atoms with van der Waals surface area (Å²) in [5, 5.41) is 0.563. The largest absolute Gasteiger partial charge is 0.466 e. The quantitative estimate of drug-likeness (QED) is 0.605. The minimum absolute atomic E-state index is 0.202. The third-order valence-corrected chi connectivity index (χ3v) is 2.06. The summed E-state index contributed by atoms with van der Waals surface area (Å²) in [5.74, 6) is 0.616. The van der Waals surface area contributed by atoms with Gasteiger partial charge in [0.1, 0.15) is 5.75 Å². The van der Waals surface area contributed by atoms with Gasteiger partial charge < -0.3 is 15.2 Å². The summed E-state index contributed by atoms with van der Waals surface area (Å²) >= 11 is 5.95. The highest BCUT2D eigenvalue weighted by Crippen LogP contribution is 2.28. The molecular formula is C10H14ClNO2. The lowest BCUT2D eigenvalue weighted by Gasteiger charge is -2.11. The van der Waals surface area contributed by atoms with E-state index in [1.54, 1.807) is 6.07 Å². The third kappa shape index (κ3) is 2.87. The van der Waals surface area contributed by atoms with E-state index in [4.69, 9.17) is 26.8 Å². The van der Waals surface area contributed by atoms with Crippen LogP contribution in [0.2, 0.25) is 5.02 Å². The molecule has 0 aromatic heterocycles. The van der Waals surface area contributed by atoms with Crippen LogP contribution in [0.3, 0.4) is 0 Å². The number of hydrogen-bond donors (Lipinski definition) is 1. The standard InChI is InChI=1S/C10H14ClNO2/c1-2-13-7-14-10-8(6-12)4-3-5-9(10)11/h3-5H,2,6-7,12H2,1H3. The Labute approximate surface area is 88.8 Å². The molecule has 0 radical (unpaired) electrons. The van der Waals surface area contributed by atoms with Crippen molar-refractivity contribution >= 4 is 11.6 Å². The predicted octanol–water partition coefficient (Wildman–Crippen LogP) is 2.17. The molecule has 14 heavy (non-hydrogen) atoms. The average Bonchev–Trinajstić information content (AvgIpc) is 2.20. The zero-order valence-electron chi connectivity index (χ0n) is 8.13. The lowest BCUT2D eigenvalue weighted by molar-refractivity contribution is 0.0219. The Kier molecular flexibility index (Phi) is 4.73. The number of benzene rings is 1. The Morgan fingerprint density at radius 2 is 2.21 bits per heavy atom. The van der Waals surface area contributed by atoms with E-state index in [9.17, 15) is 0 Å². The van der Waals surface area contributed by atoms with E-state index in [-0.39, 0.29) is 6.79 Å². The van der Waals surface area contributed by atoms with Crippen molar-refractivity contribution in [2.45, 2.75) is 13.5 Å². The van der Waals surface area contributed by atoms with Crippen molar-refractivity contribution < 1.29 is 9.47 Å². The lowest BCUT2D eigenvalue weighted by Crippen LogP contribution is -2.06. The van der Waals surface area contributed by atoms with E-state index >= 15 is 0 Å². The Balaban J connectivity index is 2.72. The Hall–Kier alpha value is -0.770. The van der Waals surface area contributed by atoms with Gasteiger partial charge in [0.05, 0.1) is 5.02 Å². The van der Waals surface area contributed by atoms with E-state index in [2.05, 4.69) is 0 Å². The lowest BCUT2D eigenvalue weighted by atomic mass is 10.2. The van der Waals surface area contributed by atoms with Gasteiger partial charge in [-0.1, -0.05) is 23.7 Å². The summed E-state index contributed by atoms with van der Waals surface area (Å²) in [6, 6.07) is 5.49. The van der Waals surface area contributed by atoms with Crippen LogP contribution in [0.25, 0.3) is 0 Å². The molecule has 0 spiro atoms. The summed E-state index contributed by atoms with van der Waals surface area (Å²) in [5.41, 5.74) is 6.43. The van der Waals surface area contributed by atoms with Crippen LogP contribution in [0.1, 0.15) is 12.5 Å². The van der Waals surface area contributed by atoms with Gasteiger partial charge >= 0.3 is 0 Å². The minimum Gasteiger partial charge on any atom is -0.466 e. The molecule has 1 aromatic carbocycles. The molecule has 0 aliphatic rings. The van der Waals surface area contributed by atoms with Crippen LogP contribution < -0.4 is 10.5 Å². The van der Waals surface area contributed by atoms with Gasteiger partial charge in [0.25, 0.3) is 0 Å². The molecule has 0 bridgehead atoms. The zero-order chi connectivity index (χ0) is 10.4. The smallest absolute Gasteiger partial charge is 0.189 e. The maximum absolute atomic E-state index is 5.95. The topological polar surface area (TPSA) is 44.5 Å². The van der Waals surface area contributed by atoms with Crippen LogP contribution in [0.4, 0.5) is 0 Å². The fourth-order valence-electron chi connectivity index (χ4n) is 1.06. The monoisotopic (exact) mass is 215 g/mol. The fourth-order valence-corrected chi connectivity index (χ4v) is 1.31. The van der Waals surface area contributed by atoms with Crippen molar-refractivity contribution in [3.05, 3.63) is 28.8 Å². The second-order valence-corrected chi connectivity index (χ2v) is 3.09. The summed E-state index contributed by atoms with van der Waals surface area (Å²) in [6.45, 7) is 3.12. The molecule has 4 heteroatoms. The van der Waals surface area contributed by atoms with Gasteiger partial charge in [-0.3, -0.25) is 0 Å². The molecule has 0 heterocycles. The van der Waals surface area contributed by atoms with Gasteiger partial charge in [0.2, 0.25) is 0 Å². The molecule has 0 unspecified atom stereocenters. The van der Waals surface area contributed by atoms with Crippen LogP contribution in [0.15, 0.2) is 18.2 Å². The average molecular weight is 216 g/mol. The SMILES string of the molecule is CCOCOc1c(Cl)cccc1CN. The van der Waals surface area contributed by atoms with Crippen molar-refractivity contribution in [1.29, 1.82) is 0 Å². The van der Waals surface area contributed by atoms with Crippen LogP contribution in [-0.2, 0) is 11.3 Å². The normalized spacial score (nSPS) is 10.2. The van der Waals surface area contributed by atoms with E-state index in [1.165, 1.54) is 0 Å². The van der Waals surface area contributed by atoms with Crippen molar-refractivity contribution in [2.24, 2.45) is 5.73 Å². The van der Waals surface area contributed by atoms with Crippen LogP contribution in [0.5, 0.6) is 5.75 Å². The second-order valence-electron chi connectivity index (χ2n) is 2.69. The molecule has 0 saturated heterocycles. The van der Waals surface area contributed by atoms with Crippen LogP contribution >= 0.6 is 11.6 Å². The minimum atomic E-state index is 0.202. The number of nitrogens with two attached hydrogens (primary N) is 1. The summed E-state index contributed by atoms with van der Waals surface area (Å²) in [6.07, 6.45) is 0.